The predicted octanol–water partition coefficient (Wildman–Crippen LogP) is 13.9. The molecule has 0 fully saturated rings. The van der Waals surface area contributed by atoms with Gasteiger partial charge in [0.15, 0.2) is 0 Å². The van der Waals surface area contributed by atoms with Gasteiger partial charge in [0.2, 0.25) is 0 Å². The van der Waals surface area contributed by atoms with Crippen LogP contribution in [0.5, 0.6) is 0 Å². The van der Waals surface area contributed by atoms with Crippen molar-refractivity contribution in [1.29, 1.82) is 0 Å². The highest BCUT2D eigenvalue weighted by molar-refractivity contribution is 7.26. The number of nitrogens with zero attached hydrogens (tertiary/aromatic N) is 1. The summed E-state index contributed by atoms with van der Waals surface area (Å²) in [7, 11) is 0. The molecule has 0 unspecified atom stereocenters. The van der Waals surface area contributed by atoms with Crippen LogP contribution in [0.4, 0.5) is 17.1 Å². The van der Waals surface area contributed by atoms with E-state index >= 15 is 0 Å². The van der Waals surface area contributed by atoms with Gasteiger partial charge in [0, 0.05) is 42.3 Å². The molecule has 0 N–H and O–H groups in total. The molecule has 49 heavy (non-hydrogen) atoms. The quantitative estimate of drug-likeness (QED) is 0.184. The van der Waals surface area contributed by atoms with Crippen LogP contribution < -0.4 is 4.90 Å². The summed E-state index contributed by atoms with van der Waals surface area (Å²) in [6, 6.07) is 29.5. The maximum Gasteiger partial charge on any atom is 0.143 e. The van der Waals surface area contributed by atoms with Crippen molar-refractivity contribution in [3.63, 3.8) is 0 Å². The van der Waals surface area contributed by atoms with Gasteiger partial charge in [0.1, 0.15) is 11.2 Å². The monoisotopic (exact) mass is 654 g/mol. The first-order valence-corrected chi connectivity index (χ1v) is 16.5. The number of thiophene rings is 1. The predicted molar refractivity (Wildman–Crippen MR) is 210 cm³/mol. The molecule has 0 bridgehead atoms. The van der Waals surface area contributed by atoms with Gasteiger partial charge in [0.05, 0.1) is 26.2 Å². The zero-order chi connectivity index (χ0) is 41.9. The van der Waals surface area contributed by atoms with Gasteiger partial charge >= 0.3 is 0 Å². The zero-order valence-electron chi connectivity index (χ0n) is 36.7. The lowest BCUT2D eigenvalue weighted by atomic mass is 10.0. The van der Waals surface area contributed by atoms with Crippen molar-refractivity contribution >= 4 is 81.3 Å². The van der Waals surface area contributed by atoms with Gasteiger partial charge in [-0.1, -0.05) is 127 Å². The summed E-state index contributed by atoms with van der Waals surface area (Å²) in [5, 5.41) is 3.36. The molecule has 2 nitrogen and oxygen atoms in total. The van der Waals surface area contributed by atoms with Gasteiger partial charge in [-0.05, 0) is 76.1 Å². The van der Waals surface area contributed by atoms with Crippen LogP contribution in [0.3, 0.4) is 0 Å². The Morgan fingerprint density at radius 2 is 1.33 bits per heavy atom. The van der Waals surface area contributed by atoms with Crippen molar-refractivity contribution < 1.29 is 19.5 Å². The van der Waals surface area contributed by atoms with Gasteiger partial charge in [-0.3, -0.25) is 0 Å². The molecule has 0 saturated carbocycles. The first kappa shape index (κ1) is 19.0. The average Bonchev–Trinajstić information content (AvgIpc) is 3.87. The summed E-state index contributed by atoms with van der Waals surface area (Å²) >= 11 is 0.877. The fraction of sp³-hybridized carbons (Fsp3) is 0. The number of furan rings is 1. The molecule has 10 aromatic rings. The molecule has 0 aliphatic rings. The van der Waals surface area contributed by atoms with Crippen molar-refractivity contribution in [1.82, 2.24) is 0 Å². The van der Waals surface area contributed by atoms with E-state index in [0.717, 1.165) is 38.6 Å². The van der Waals surface area contributed by atoms with Crippen molar-refractivity contribution in [2.45, 2.75) is 0 Å². The van der Waals surface area contributed by atoms with Gasteiger partial charge in [-0.2, -0.15) is 0 Å². The minimum absolute atomic E-state index is 0.00492. The Morgan fingerprint density at radius 1 is 0.531 bits per heavy atom. The summed E-state index contributed by atoms with van der Waals surface area (Å²) in [5.74, 6) is 0. The minimum atomic E-state index is -0.573. The second-order valence-corrected chi connectivity index (χ2v) is 12.7. The Morgan fingerprint density at radius 3 is 2.24 bits per heavy atom. The summed E-state index contributed by atoms with van der Waals surface area (Å²) in [5.41, 5.74) is 3.53. The summed E-state index contributed by atoms with van der Waals surface area (Å²) in [6.45, 7) is 0. The Labute approximate surface area is 303 Å². The van der Waals surface area contributed by atoms with E-state index in [2.05, 4.69) is 0 Å². The molecule has 0 radical (unpaired) electrons. The van der Waals surface area contributed by atoms with E-state index in [1.807, 2.05) is 109 Å². The van der Waals surface area contributed by atoms with Gasteiger partial charge in [-0.15, -0.1) is 11.3 Å². The van der Waals surface area contributed by atoms with Crippen LogP contribution in [-0.4, -0.2) is 0 Å². The van der Waals surface area contributed by atoms with E-state index in [9.17, 15) is 5.48 Å². The molecule has 0 atom stereocenters. The lowest BCUT2D eigenvalue weighted by Gasteiger charge is -2.27. The topological polar surface area (TPSA) is 16.4 Å². The molecule has 0 aliphatic heterocycles. The Kier molecular flexibility index (Phi) is 4.35. The third-order valence-corrected chi connectivity index (χ3v) is 9.96. The molecule has 230 valence electrons. The number of fused-ring (bicyclic) bond motifs is 8. The standard InChI is InChI=1S/C46H29NOS/c1-2-11-30(12-3-1)33-14-8-15-35(29-33)47(41-20-10-21-42-44(41)40-28-25-31-13-4-5-16-36(31)45(40)48-42)34-26-23-32(24-27-34)37-18-9-19-39-38-17-6-7-22-43(38)49-46(37)39/h1-29H/i6D,7D,9D,17D,18D,19D,22D,23D,24D,26D,27D. The van der Waals surface area contributed by atoms with Crippen LogP contribution in [0, 0.1) is 0 Å². The van der Waals surface area contributed by atoms with Gasteiger partial charge in [-0.25, -0.2) is 0 Å². The average molecular weight is 655 g/mol. The Hall–Kier alpha value is -6.16. The fourth-order valence-electron chi connectivity index (χ4n) is 6.61. The zero-order valence-corrected chi connectivity index (χ0v) is 26.5. The maximum absolute atomic E-state index is 9.71. The van der Waals surface area contributed by atoms with Crippen LogP contribution in [0.1, 0.15) is 15.1 Å². The van der Waals surface area contributed by atoms with E-state index in [0.29, 0.717) is 27.9 Å². The lowest BCUT2D eigenvalue weighted by Crippen LogP contribution is -2.10. The maximum atomic E-state index is 9.71. The SMILES string of the molecule is [2H]c1c([2H])c(N(c2cccc(-c3ccccc3)c2)c2cccc3oc4c5ccccc5ccc4c23)c([2H])c([2H])c1-c1c([2H])c([2H])c([2H])c2c1sc1c([2H])c([2H])c([2H])c([2H])c12. The second-order valence-electron chi connectivity index (χ2n) is 11.7. The lowest BCUT2D eigenvalue weighted by molar-refractivity contribution is 0.672. The van der Waals surface area contributed by atoms with Crippen molar-refractivity contribution in [2.75, 3.05) is 4.90 Å². The molecule has 2 aromatic heterocycles. The normalized spacial score (nSPS) is 14.8. The van der Waals surface area contributed by atoms with Gasteiger partial charge < -0.3 is 9.32 Å². The van der Waals surface area contributed by atoms with Gasteiger partial charge in [0.25, 0.3) is 0 Å². The van der Waals surface area contributed by atoms with Crippen molar-refractivity contribution in [3.8, 4) is 22.3 Å². The highest BCUT2D eigenvalue weighted by Crippen LogP contribution is 2.46. The Balaban J connectivity index is 1.29. The molecule has 0 aliphatic carbocycles. The number of hydrogen-bond acceptors (Lipinski definition) is 3. The number of anilines is 3. The van der Waals surface area contributed by atoms with Crippen LogP contribution in [0.25, 0.3) is 75.1 Å². The molecule has 0 spiro atoms. The number of benzene rings is 8. The second kappa shape index (κ2) is 11.2. The highest BCUT2D eigenvalue weighted by atomic mass is 32.1. The number of rotatable bonds is 5. The summed E-state index contributed by atoms with van der Waals surface area (Å²) in [6.07, 6.45) is 0. The first-order valence-electron chi connectivity index (χ1n) is 21.2. The molecule has 8 aromatic carbocycles. The van der Waals surface area contributed by atoms with Crippen LogP contribution in [0.15, 0.2) is 180 Å². The van der Waals surface area contributed by atoms with E-state index in [-0.39, 0.29) is 43.0 Å². The molecule has 0 saturated heterocycles. The Bertz CT molecular complexity index is 3440. The molecule has 2 heterocycles. The smallest absolute Gasteiger partial charge is 0.143 e. The molecule has 3 heteroatoms. The van der Waals surface area contributed by atoms with Crippen LogP contribution in [-0.2, 0) is 0 Å². The molecular formula is C46H29NOS. The van der Waals surface area contributed by atoms with Crippen molar-refractivity contribution in [3.05, 3.63) is 176 Å². The first-order chi connectivity index (χ1) is 28.9. The fourth-order valence-corrected chi connectivity index (χ4v) is 7.68. The van der Waals surface area contributed by atoms with E-state index in [1.165, 1.54) is 0 Å². The largest absolute Gasteiger partial charge is 0.455 e. The third-order valence-electron chi connectivity index (χ3n) is 8.84. The van der Waals surface area contributed by atoms with Crippen LogP contribution in [0.2, 0.25) is 0 Å². The number of hydrogen-bond donors (Lipinski definition) is 0. The third kappa shape index (κ3) is 4.55. The van der Waals surface area contributed by atoms with E-state index < -0.39 is 60.4 Å². The highest BCUT2D eigenvalue weighted by Gasteiger charge is 2.21. The minimum Gasteiger partial charge on any atom is -0.455 e. The van der Waals surface area contributed by atoms with E-state index in [4.69, 9.17) is 14.0 Å². The molecular weight excluding hydrogens is 615 g/mol. The van der Waals surface area contributed by atoms with Crippen molar-refractivity contribution in [2.24, 2.45) is 0 Å². The van der Waals surface area contributed by atoms with Crippen LogP contribution >= 0.6 is 11.3 Å². The summed E-state index contributed by atoms with van der Waals surface area (Å²) < 4.78 is 106. The summed E-state index contributed by atoms with van der Waals surface area (Å²) in [4.78, 5) is 1.70. The molecule has 10 rings (SSSR count). The van der Waals surface area contributed by atoms with E-state index in [1.54, 1.807) is 4.90 Å². The molecule has 0 amide bonds.